The Morgan fingerprint density at radius 3 is 2.70 bits per heavy atom. The summed E-state index contributed by atoms with van der Waals surface area (Å²) in [5, 5.41) is 3.29. The van der Waals surface area contributed by atoms with Gasteiger partial charge in [-0.3, -0.25) is 0 Å². The number of aromatic nitrogens is 1. The molecule has 1 N–H and O–H groups in total. The average molecular weight is 269 g/mol. The molecule has 0 radical (unpaired) electrons. The summed E-state index contributed by atoms with van der Waals surface area (Å²) >= 11 is 0. The van der Waals surface area contributed by atoms with Gasteiger partial charge in [0.15, 0.2) is 0 Å². The minimum Gasteiger partial charge on any atom is -0.370 e. The molecule has 0 amide bonds. The molecule has 0 bridgehead atoms. The van der Waals surface area contributed by atoms with Gasteiger partial charge in [-0.05, 0) is 42.7 Å². The van der Waals surface area contributed by atoms with Gasteiger partial charge in [-0.25, -0.2) is 4.98 Å². The highest BCUT2D eigenvalue weighted by Gasteiger charge is 2.03. The van der Waals surface area contributed by atoms with Crippen LogP contribution in [-0.2, 0) is 6.54 Å². The van der Waals surface area contributed by atoms with E-state index in [-0.39, 0.29) is 0 Å². The molecule has 1 aromatic carbocycles. The summed E-state index contributed by atoms with van der Waals surface area (Å²) in [6, 6.07) is 12.7. The molecule has 2 aromatic rings. The van der Waals surface area contributed by atoms with E-state index < -0.39 is 0 Å². The Kier molecular flexibility index (Phi) is 4.99. The van der Waals surface area contributed by atoms with Crippen molar-refractivity contribution in [2.75, 3.05) is 23.8 Å². The van der Waals surface area contributed by atoms with Gasteiger partial charge in [0.1, 0.15) is 5.82 Å². The lowest BCUT2D eigenvalue weighted by molar-refractivity contribution is 0.911. The first-order valence-electron chi connectivity index (χ1n) is 7.15. The summed E-state index contributed by atoms with van der Waals surface area (Å²) in [6.45, 7) is 6.10. The van der Waals surface area contributed by atoms with Gasteiger partial charge < -0.3 is 10.2 Å². The number of benzene rings is 1. The number of hydrogen-bond donors (Lipinski definition) is 1. The van der Waals surface area contributed by atoms with Crippen LogP contribution in [0.4, 0.5) is 11.5 Å². The summed E-state index contributed by atoms with van der Waals surface area (Å²) in [6.07, 6.45) is 3.06. The second-order valence-electron chi connectivity index (χ2n) is 5.17. The van der Waals surface area contributed by atoms with E-state index in [2.05, 4.69) is 72.5 Å². The molecule has 0 aliphatic rings. The van der Waals surface area contributed by atoms with Crippen LogP contribution in [0.5, 0.6) is 0 Å². The van der Waals surface area contributed by atoms with Crippen molar-refractivity contribution in [2.45, 2.75) is 26.8 Å². The fourth-order valence-corrected chi connectivity index (χ4v) is 2.11. The first kappa shape index (κ1) is 14.4. The fraction of sp³-hybridized carbons (Fsp3) is 0.353. The van der Waals surface area contributed by atoms with Crippen molar-refractivity contribution in [3.63, 3.8) is 0 Å². The predicted octanol–water partition coefficient (Wildman–Crippen LogP) is 3.85. The monoisotopic (exact) mass is 269 g/mol. The molecule has 0 saturated heterocycles. The highest BCUT2D eigenvalue weighted by Crippen LogP contribution is 2.17. The van der Waals surface area contributed by atoms with Gasteiger partial charge in [0.2, 0.25) is 0 Å². The SMILES string of the molecule is CCCNc1ccc(CN(C)c2cccc(C)c2)cn1. The van der Waals surface area contributed by atoms with E-state index in [1.165, 1.54) is 16.8 Å². The summed E-state index contributed by atoms with van der Waals surface area (Å²) in [5.74, 6) is 0.953. The second kappa shape index (κ2) is 6.94. The van der Waals surface area contributed by atoms with Crippen LogP contribution in [0.3, 0.4) is 0 Å². The lowest BCUT2D eigenvalue weighted by Crippen LogP contribution is -2.16. The summed E-state index contributed by atoms with van der Waals surface area (Å²) in [5.41, 5.74) is 3.74. The van der Waals surface area contributed by atoms with E-state index in [4.69, 9.17) is 0 Å². The molecule has 0 unspecified atom stereocenters. The number of pyridine rings is 1. The van der Waals surface area contributed by atoms with Crippen molar-refractivity contribution in [1.82, 2.24) is 4.98 Å². The number of nitrogens with zero attached hydrogens (tertiary/aromatic N) is 2. The zero-order valence-corrected chi connectivity index (χ0v) is 12.6. The molecule has 1 heterocycles. The van der Waals surface area contributed by atoms with E-state index in [1.54, 1.807) is 0 Å². The van der Waals surface area contributed by atoms with Crippen molar-refractivity contribution in [1.29, 1.82) is 0 Å². The van der Waals surface area contributed by atoms with Crippen LogP contribution in [-0.4, -0.2) is 18.6 Å². The van der Waals surface area contributed by atoms with Gasteiger partial charge in [-0.2, -0.15) is 0 Å². The molecule has 0 atom stereocenters. The molecule has 0 spiro atoms. The molecule has 0 saturated carbocycles. The third kappa shape index (κ3) is 3.98. The first-order valence-corrected chi connectivity index (χ1v) is 7.15. The molecule has 106 valence electrons. The van der Waals surface area contributed by atoms with Gasteiger partial charge in [-0.15, -0.1) is 0 Å². The molecule has 20 heavy (non-hydrogen) atoms. The van der Waals surface area contributed by atoms with Crippen molar-refractivity contribution in [2.24, 2.45) is 0 Å². The Bertz CT molecular complexity index is 534. The summed E-state index contributed by atoms with van der Waals surface area (Å²) in [4.78, 5) is 6.68. The van der Waals surface area contributed by atoms with Crippen LogP contribution in [0.1, 0.15) is 24.5 Å². The van der Waals surface area contributed by atoms with Crippen LogP contribution in [0.25, 0.3) is 0 Å². The molecular weight excluding hydrogens is 246 g/mol. The van der Waals surface area contributed by atoms with Crippen molar-refractivity contribution >= 4 is 11.5 Å². The van der Waals surface area contributed by atoms with Crippen molar-refractivity contribution in [3.05, 3.63) is 53.7 Å². The summed E-state index contributed by atoms with van der Waals surface area (Å²) in [7, 11) is 2.11. The van der Waals surface area contributed by atoms with Crippen molar-refractivity contribution in [3.8, 4) is 0 Å². The molecule has 3 heteroatoms. The maximum absolute atomic E-state index is 4.44. The predicted molar refractivity (Wildman–Crippen MR) is 86.3 cm³/mol. The molecule has 0 fully saturated rings. The zero-order valence-electron chi connectivity index (χ0n) is 12.6. The molecule has 0 aliphatic carbocycles. The fourth-order valence-electron chi connectivity index (χ4n) is 2.11. The highest BCUT2D eigenvalue weighted by molar-refractivity contribution is 5.48. The lowest BCUT2D eigenvalue weighted by Gasteiger charge is -2.19. The first-order chi connectivity index (χ1) is 9.69. The molecule has 3 nitrogen and oxygen atoms in total. The number of aryl methyl sites for hydroxylation is 1. The molecular formula is C17H23N3. The maximum atomic E-state index is 4.44. The van der Waals surface area contributed by atoms with Gasteiger partial charge in [-0.1, -0.05) is 25.1 Å². The third-order valence-electron chi connectivity index (χ3n) is 3.24. The Morgan fingerprint density at radius 1 is 1.20 bits per heavy atom. The van der Waals surface area contributed by atoms with Crippen LogP contribution in [0.2, 0.25) is 0 Å². The molecule has 2 rings (SSSR count). The third-order valence-corrected chi connectivity index (χ3v) is 3.24. The van der Waals surface area contributed by atoms with E-state index in [9.17, 15) is 0 Å². The lowest BCUT2D eigenvalue weighted by atomic mass is 10.2. The van der Waals surface area contributed by atoms with Crippen LogP contribution >= 0.6 is 0 Å². The Balaban J connectivity index is 1.99. The maximum Gasteiger partial charge on any atom is 0.125 e. The molecule has 0 aliphatic heterocycles. The van der Waals surface area contributed by atoms with Gasteiger partial charge in [0, 0.05) is 32.0 Å². The van der Waals surface area contributed by atoms with Crippen LogP contribution in [0, 0.1) is 6.92 Å². The van der Waals surface area contributed by atoms with Crippen LogP contribution < -0.4 is 10.2 Å². The van der Waals surface area contributed by atoms with E-state index >= 15 is 0 Å². The van der Waals surface area contributed by atoms with Gasteiger partial charge >= 0.3 is 0 Å². The average Bonchev–Trinajstić information content (AvgIpc) is 2.46. The zero-order chi connectivity index (χ0) is 14.4. The van der Waals surface area contributed by atoms with Gasteiger partial charge in [0.05, 0.1) is 0 Å². The minimum absolute atomic E-state index is 0.866. The Labute approximate surface area is 121 Å². The molecule has 1 aromatic heterocycles. The number of nitrogens with one attached hydrogen (secondary N) is 1. The largest absolute Gasteiger partial charge is 0.370 e. The van der Waals surface area contributed by atoms with E-state index in [0.29, 0.717) is 0 Å². The second-order valence-corrected chi connectivity index (χ2v) is 5.17. The van der Waals surface area contributed by atoms with Crippen LogP contribution in [0.15, 0.2) is 42.6 Å². The normalized spacial score (nSPS) is 10.3. The number of rotatable bonds is 6. The summed E-state index contributed by atoms with van der Waals surface area (Å²) < 4.78 is 0. The highest BCUT2D eigenvalue weighted by atomic mass is 15.1. The number of hydrogen-bond acceptors (Lipinski definition) is 3. The van der Waals surface area contributed by atoms with E-state index in [0.717, 1.165) is 25.3 Å². The Hall–Kier alpha value is -2.03. The van der Waals surface area contributed by atoms with Crippen molar-refractivity contribution < 1.29 is 0 Å². The quantitative estimate of drug-likeness (QED) is 0.863. The number of anilines is 2. The standard InChI is InChI=1S/C17H23N3/c1-4-10-18-17-9-8-15(12-19-17)13-20(3)16-7-5-6-14(2)11-16/h5-9,11-12H,4,10,13H2,1-3H3,(H,18,19). The Morgan fingerprint density at radius 2 is 2.05 bits per heavy atom. The smallest absolute Gasteiger partial charge is 0.125 e. The van der Waals surface area contributed by atoms with Gasteiger partial charge in [0.25, 0.3) is 0 Å². The minimum atomic E-state index is 0.866. The topological polar surface area (TPSA) is 28.2 Å². The van der Waals surface area contributed by atoms with E-state index in [1.807, 2.05) is 6.20 Å².